The largest absolute Gasteiger partial charge is 1.00 e. The van der Waals surface area contributed by atoms with Crippen LogP contribution < -0.4 is 17.3 Å². The number of quaternary nitrogens is 1. The molecule has 1 fully saturated rings. The summed E-state index contributed by atoms with van der Waals surface area (Å²) in [6.07, 6.45) is 2.59. The van der Waals surface area contributed by atoms with Gasteiger partial charge in [0.05, 0.1) is 24.3 Å². The van der Waals surface area contributed by atoms with Gasteiger partial charge in [-0.2, -0.15) is 0 Å². The van der Waals surface area contributed by atoms with Gasteiger partial charge in [0, 0.05) is 33.8 Å². The van der Waals surface area contributed by atoms with Crippen molar-refractivity contribution in [1.82, 2.24) is 4.98 Å². The van der Waals surface area contributed by atoms with Gasteiger partial charge in [-0.3, -0.25) is 0 Å². The molecule has 0 atom stereocenters. The van der Waals surface area contributed by atoms with Crippen LogP contribution in [0.3, 0.4) is 0 Å². The fourth-order valence-electron chi connectivity index (χ4n) is 4.16. The Hall–Kier alpha value is -2.35. The summed E-state index contributed by atoms with van der Waals surface area (Å²) in [5, 5.41) is 16.0. The third-order valence-corrected chi connectivity index (χ3v) is 6.10. The van der Waals surface area contributed by atoms with Gasteiger partial charge < -0.3 is 32.2 Å². The van der Waals surface area contributed by atoms with Crippen LogP contribution in [-0.4, -0.2) is 47.8 Å². The van der Waals surface area contributed by atoms with Crippen molar-refractivity contribution in [3.05, 3.63) is 58.1 Å². The first-order chi connectivity index (χ1) is 14.2. The number of hydrogen-bond acceptors (Lipinski definition) is 4. The molecular formula is C22H22BrClN4O2. The summed E-state index contributed by atoms with van der Waals surface area (Å²) in [4.78, 5) is 15.1. The zero-order chi connectivity index (χ0) is 19.8. The molecule has 0 spiro atoms. The Morgan fingerprint density at radius 1 is 1.17 bits per heavy atom. The van der Waals surface area contributed by atoms with Gasteiger partial charge in [0.1, 0.15) is 18.0 Å². The molecule has 30 heavy (non-hydrogen) atoms. The maximum Gasteiger partial charge on any atom is 0.199 e. The van der Waals surface area contributed by atoms with E-state index in [1.807, 2.05) is 42.5 Å². The number of aromatic nitrogens is 1. The van der Waals surface area contributed by atoms with Crippen molar-refractivity contribution in [1.29, 1.82) is 0 Å². The van der Waals surface area contributed by atoms with Crippen molar-refractivity contribution in [2.45, 2.75) is 12.8 Å². The molecule has 3 heterocycles. The normalized spacial score (nSPS) is 17.2. The smallest absolute Gasteiger partial charge is 0.199 e. The molecule has 0 bridgehead atoms. The molecule has 3 aromatic rings. The van der Waals surface area contributed by atoms with E-state index in [4.69, 9.17) is 9.83 Å². The summed E-state index contributed by atoms with van der Waals surface area (Å²) in [5.41, 5.74) is 4.51. The van der Waals surface area contributed by atoms with E-state index in [-0.39, 0.29) is 18.3 Å². The minimum atomic E-state index is 0. The van der Waals surface area contributed by atoms with Gasteiger partial charge in [0.25, 0.3) is 0 Å². The Bertz CT molecular complexity index is 1140. The monoisotopic (exact) mass is 488 g/mol. The van der Waals surface area contributed by atoms with Crippen molar-refractivity contribution in [2.24, 2.45) is 10.1 Å². The third kappa shape index (κ3) is 3.85. The van der Waals surface area contributed by atoms with Crippen molar-refractivity contribution >= 4 is 43.9 Å². The standard InChI is InChI=1S/C22H21BrN4O2.ClH/c23-14-7-8-18-16(13-14)20(26-29-12-11-27-9-3-4-10-27)21(24-18)19-15-5-1-2-6-17(15)25-22(19)28;/h1-2,5-8,13,25,28H,3-4,9-12H2;1H/b26-20+;. The van der Waals surface area contributed by atoms with Crippen molar-refractivity contribution in [3.63, 3.8) is 0 Å². The van der Waals surface area contributed by atoms with Gasteiger partial charge in [-0.05, 0) is 24.3 Å². The van der Waals surface area contributed by atoms with E-state index in [1.165, 1.54) is 25.9 Å². The summed E-state index contributed by atoms with van der Waals surface area (Å²) >= 11 is 3.54. The molecule has 1 saturated heterocycles. The number of rotatable bonds is 5. The molecule has 6 nitrogen and oxygen atoms in total. The van der Waals surface area contributed by atoms with Gasteiger partial charge in [-0.1, -0.05) is 39.3 Å². The quantitative estimate of drug-likeness (QED) is 0.353. The molecule has 0 radical (unpaired) electrons. The molecule has 2 aliphatic heterocycles. The number of hydrogen-bond donors (Lipinski definition) is 3. The van der Waals surface area contributed by atoms with Crippen LogP contribution in [0.15, 0.2) is 57.1 Å². The lowest BCUT2D eigenvalue weighted by atomic mass is 10.0. The average Bonchev–Trinajstić information content (AvgIpc) is 3.42. The number of fused-ring (bicyclic) bond motifs is 2. The zero-order valence-corrected chi connectivity index (χ0v) is 18.6. The molecule has 2 aliphatic rings. The Labute approximate surface area is 189 Å². The second-order valence-corrected chi connectivity index (χ2v) is 8.41. The van der Waals surface area contributed by atoms with Crippen molar-refractivity contribution in [2.75, 3.05) is 26.2 Å². The second kappa shape index (κ2) is 8.79. The molecule has 1 aromatic heterocycles. The highest BCUT2D eigenvalue weighted by Gasteiger charge is 2.29. The number of H-pyrrole nitrogens is 1. The fraction of sp³-hybridized carbons (Fsp3) is 0.273. The summed E-state index contributed by atoms with van der Waals surface area (Å²) < 4.78 is 0.949. The number of aromatic amines is 1. The Morgan fingerprint density at radius 3 is 2.80 bits per heavy atom. The van der Waals surface area contributed by atoms with Crippen LogP contribution in [0.2, 0.25) is 0 Å². The van der Waals surface area contributed by atoms with Crippen molar-refractivity contribution in [3.8, 4) is 5.88 Å². The Morgan fingerprint density at radius 2 is 1.97 bits per heavy atom. The van der Waals surface area contributed by atoms with E-state index in [1.54, 1.807) is 4.90 Å². The van der Waals surface area contributed by atoms with Crippen LogP contribution in [0.25, 0.3) is 10.9 Å². The zero-order valence-electron chi connectivity index (χ0n) is 16.3. The van der Waals surface area contributed by atoms with Crippen LogP contribution in [0.1, 0.15) is 24.0 Å². The van der Waals surface area contributed by atoms with Crippen LogP contribution in [0.5, 0.6) is 5.88 Å². The van der Waals surface area contributed by atoms with Gasteiger partial charge in [-0.25, -0.2) is 4.99 Å². The van der Waals surface area contributed by atoms with E-state index >= 15 is 0 Å². The fourth-order valence-corrected chi connectivity index (χ4v) is 4.52. The van der Waals surface area contributed by atoms with Crippen LogP contribution >= 0.6 is 15.9 Å². The topological polar surface area (TPSA) is 74.4 Å². The van der Waals surface area contributed by atoms with Crippen LogP contribution in [-0.2, 0) is 4.84 Å². The number of oxime groups is 1. The predicted molar refractivity (Wildman–Crippen MR) is 118 cm³/mol. The van der Waals surface area contributed by atoms with Crippen molar-refractivity contribution < 1.29 is 27.3 Å². The Kier molecular flexibility index (Phi) is 6.13. The first-order valence-electron chi connectivity index (χ1n) is 9.93. The average molecular weight is 490 g/mol. The molecule has 0 unspecified atom stereocenters. The third-order valence-electron chi connectivity index (χ3n) is 5.61. The molecular weight excluding hydrogens is 468 g/mol. The minimum absolute atomic E-state index is 0. The second-order valence-electron chi connectivity index (χ2n) is 7.50. The van der Waals surface area contributed by atoms with Gasteiger partial charge in [-0.15, -0.1) is 0 Å². The summed E-state index contributed by atoms with van der Waals surface area (Å²) in [6, 6.07) is 13.7. The van der Waals surface area contributed by atoms with Gasteiger partial charge in [0.2, 0.25) is 0 Å². The maximum absolute atomic E-state index is 10.6. The minimum Gasteiger partial charge on any atom is -1.00 e. The summed E-state index contributed by atoms with van der Waals surface area (Å²) in [5.74, 6) is 0.0889. The number of halogens is 2. The number of para-hydroxylation sites is 1. The SMILES string of the molecule is Oc1[nH]c2ccccc2c1C1=Nc2ccc(Br)cc2/C1=N\OCC[NH+]1CCCC1.[Cl-]. The lowest BCUT2D eigenvalue weighted by molar-refractivity contribution is -0.887. The van der Waals surface area contributed by atoms with E-state index in [0.717, 1.165) is 33.2 Å². The number of benzene rings is 2. The molecule has 3 N–H and O–H groups in total. The number of aromatic hydroxyl groups is 1. The lowest BCUT2D eigenvalue weighted by Crippen LogP contribution is -3.10. The van der Waals surface area contributed by atoms with E-state index in [0.29, 0.717) is 23.6 Å². The van der Waals surface area contributed by atoms with Crippen LogP contribution in [0.4, 0.5) is 5.69 Å². The highest BCUT2D eigenvalue weighted by Crippen LogP contribution is 2.36. The van der Waals surface area contributed by atoms with Gasteiger partial charge >= 0.3 is 0 Å². The van der Waals surface area contributed by atoms with Gasteiger partial charge in [0.15, 0.2) is 12.5 Å². The molecule has 8 heteroatoms. The highest BCUT2D eigenvalue weighted by atomic mass is 79.9. The number of likely N-dealkylation sites (tertiary alicyclic amines) is 1. The molecule has 5 rings (SSSR count). The first kappa shape index (κ1) is 20.9. The lowest BCUT2D eigenvalue weighted by Gasteiger charge is -2.11. The Balaban J connectivity index is 0.00000218. The summed E-state index contributed by atoms with van der Waals surface area (Å²) in [7, 11) is 0. The molecule has 2 aromatic carbocycles. The van der Waals surface area contributed by atoms with E-state index < -0.39 is 0 Å². The summed E-state index contributed by atoms with van der Waals surface area (Å²) in [6.45, 7) is 3.94. The molecule has 0 amide bonds. The number of aliphatic imine (C=N–C) groups is 1. The highest BCUT2D eigenvalue weighted by molar-refractivity contribution is 9.10. The number of nitrogens with one attached hydrogen (secondary N) is 2. The predicted octanol–water partition coefficient (Wildman–Crippen LogP) is 0.174. The molecule has 0 saturated carbocycles. The molecule has 156 valence electrons. The number of nitrogens with zero attached hydrogens (tertiary/aromatic N) is 2. The maximum atomic E-state index is 10.6. The molecule has 0 aliphatic carbocycles. The van der Waals surface area contributed by atoms with Crippen LogP contribution in [0, 0.1) is 0 Å². The van der Waals surface area contributed by atoms with E-state index in [2.05, 4.69) is 26.1 Å². The van der Waals surface area contributed by atoms with E-state index in [9.17, 15) is 5.11 Å². The first-order valence-corrected chi connectivity index (χ1v) is 10.7.